The molecule has 0 saturated heterocycles. The number of rotatable bonds is 2. The van der Waals surface area contributed by atoms with Gasteiger partial charge >= 0.3 is 5.63 Å². The molecule has 1 aromatic heterocycles. The molecule has 3 saturated carbocycles. The molecule has 0 radical (unpaired) electrons. The molecule has 4 unspecified atom stereocenters. The van der Waals surface area contributed by atoms with Gasteiger partial charge in [-0.1, -0.05) is 32.9 Å². The molecule has 1 aromatic carbocycles. The summed E-state index contributed by atoms with van der Waals surface area (Å²) in [4.78, 5) is 11.6. The Morgan fingerprint density at radius 2 is 1.93 bits per heavy atom. The van der Waals surface area contributed by atoms with Crippen LogP contribution in [0.3, 0.4) is 0 Å². The van der Waals surface area contributed by atoms with Crippen LogP contribution in [0.5, 0.6) is 5.75 Å². The summed E-state index contributed by atoms with van der Waals surface area (Å²) in [6, 6.07) is 8.92. The standard InChI is InChI=1S/C25H30O4/c1-15-5-9-19-23(2,3)20(26)11-12-24(19,4)25(15)14-21(25)28-17-8-6-16-7-10-22(27)29-18(16)13-17/h6-8,10,13,19-21,26H,1,5,9,11-12,14H2,2-4H3/t19?,20-,21?,24?,25?/m0/s1. The highest BCUT2D eigenvalue weighted by Crippen LogP contribution is 2.75. The molecule has 4 nitrogen and oxygen atoms in total. The van der Waals surface area contributed by atoms with Gasteiger partial charge in [0.15, 0.2) is 0 Å². The molecule has 3 fully saturated rings. The minimum Gasteiger partial charge on any atom is -0.489 e. The largest absolute Gasteiger partial charge is 0.489 e. The summed E-state index contributed by atoms with van der Waals surface area (Å²) in [5.41, 5.74) is 1.47. The molecule has 1 spiro atoms. The molecule has 3 aliphatic carbocycles. The van der Waals surface area contributed by atoms with Gasteiger partial charge in [0.25, 0.3) is 0 Å². The molecule has 154 valence electrons. The number of benzene rings is 1. The molecule has 5 atom stereocenters. The smallest absolute Gasteiger partial charge is 0.336 e. The Balaban J connectivity index is 1.47. The van der Waals surface area contributed by atoms with E-state index in [0.717, 1.165) is 43.2 Å². The van der Waals surface area contributed by atoms with Crippen LogP contribution in [-0.4, -0.2) is 17.3 Å². The van der Waals surface area contributed by atoms with Crippen molar-refractivity contribution < 1.29 is 14.3 Å². The molecule has 4 heteroatoms. The van der Waals surface area contributed by atoms with Crippen LogP contribution in [0, 0.1) is 22.2 Å². The van der Waals surface area contributed by atoms with E-state index in [1.165, 1.54) is 11.6 Å². The van der Waals surface area contributed by atoms with E-state index in [-0.39, 0.29) is 34.1 Å². The maximum absolute atomic E-state index is 11.6. The van der Waals surface area contributed by atoms with E-state index in [4.69, 9.17) is 9.15 Å². The van der Waals surface area contributed by atoms with Gasteiger partial charge in [-0.05, 0) is 67.1 Å². The van der Waals surface area contributed by atoms with Gasteiger partial charge in [-0.25, -0.2) is 4.79 Å². The van der Waals surface area contributed by atoms with Crippen LogP contribution in [0.25, 0.3) is 11.0 Å². The van der Waals surface area contributed by atoms with Gasteiger partial charge in [-0.2, -0.15) is 0 Å². The van der Waals surface area contributed by atoms with E-state index in [1.807, 2.05) is 18.2 Å². The molecule has 5 rings (SSSR count). The first kappa shape index (κ1) is 18.9. The summed E-state index contributed by atoms with van der Waals surface area (Å²) in [6.45, 7) is 11.3. The third kappa shape index (κ3) is 2.51. The number of aliphatic hydroxyl groups is 1. The molecule has 0 amide bonds. The normalized spacial score (nSPS) is 38.1. The first-order valence-corrected chi connectivity index (χ1v) is 10.8. The van der Waals surface area contributed by atoms with Gasteiger partial charge in [-0.3, -0.25) is 0 Å². The average molecular weight is 395 g/mol. The molecular formula is C25H30O4. The summed E-state index contributed by atoms with van der Waals surface area (Å²) in [6.07, 6.45) is 4.75. The number of hydrogen-bond donors (Lipinski definition) is 1. The van der Waals surface area contributed by atoms with Crippen molar-refractivity contribution in [2.24, 2.45) is 22.2 Å². The lowest BCUT2D eigenvalue weighted by molar-refractivity contribution is -0.135. The van der Waals surface area contributed by atoms with Gasteiger partial charge < -0.3 is 14.3 Å². The van der Waals surface area contributed by atoms with Crippen LogP contribution in [0.15, 0.2) is 51.7 Å². The number of hydrogen-bond acceptors (Lipinski definition) is 4. The molecular weight excluding hydrogens is 364 g/mol. The maximum atomic E-state index is 11.6. The minimum atomic E-state index is -0.350. The van der Waals surface area contributed by atoms with Gasteiger partial charge in [0.1, 0.15) is 17.4 Å². The van der Waals surface area contributed by atoms with Crippen molar-refractivity contribution >= 4 is 11.0 Å². The van der Waals surface area contributed by atoms with Gasteiger partial charge in [0.2, 0.25) is 0 Å². The van der Waals surface area contributed by atoms with E-state index < -0.39 is 0 Å². The second-order valence-electron chi connectivity index (χ2n) is 10.2. The lowest BCUT2D eigenvalue weighted by Gasteiger charge is -2.60. The number of fused-ring (bicyclic) bond motifs is 3. The Morgan fingerprint density at radius 1 is 1.17 bits per heavy atom. The molecule has 2 aromatic rings. The van der Waals surface area contributed by atoms with Gasteiger partial charge in [0, 0.05) is 22.9 Å². The van der Waals surface area contributed by atoms with Gasteiger partial charge in [-0.15, -0.1) is 0 Å². The SMILES string of the molecule is C=C1CCC2C(C)(C)[C@@H](O)CCC2(C)C12CC2Oc1ccc2ccc(=O)oc2c1. The fraction of sp³-hybridized carbons (Fsp3) is 0.560. The monoisotopic (exact) mass is 394 g/mol. The highest BCUT2D eigenvalue weighted by Gasteiger charge is 2.73. The Bertz CT molecular complexity index is 1050. The maximum Gasteiger partial charge on any atom is 0.336 e. The van der Waals surface area contributed by atoms with Crippen molar-refractivity contribution in [2.45, 2.75) is 65.1 Å². The van der Waals surface area contributed by atoms with Crippen LogP contribution >= 0.6 is 0 Å². The minimum absolute atomic E-state index is 0.0280. The molecule has 0 aliphatic heterocycles. The van der Waals surface area contributed by atoms with Crippen molar-refractivity contribution in [3.05, 3.63) is 52.9 Å². The zero-order valence-corrected chi connectivity index (χ0v) is 17.5. The summed E-state index contributed by atoms with van der Waals surface area (Å²) in [5, 5.41) is 11.6. The first-order valence-electron chi connectivity index (χ1n) is 10.8. The first-order chi connectivity index (χ1) is 13.7. The molecule has 29 heavy (non-hydrogen) atoms. The quantitative estimate of drug-likeness (QED) is 0.570. The van der Waals surface area contributed by atoms with Gasteiger partial charge in [0.05, 0.1) is 6.10 Å². The van der Waals surface area contributed by atoms with E-state index in [2.05, 4.69) is 27.4 Å². The Labute approximate surface area is 171 Å². The lowest BCUT2D eigenvalue weighted by atomic mass is 9.45. The van der Waals surface area contributed by atoms with E-state index in [9.17, 15) is 9.90 Å². The van der Waals surface area contributed by atoms with Crippen LogP contribution in [0.4, 0.5) is 0 Å². The van der Waals surface area contributed by atoms with Crippen LogP contribution in [0.2, 0.25) is 0 Å². The number of ether oxygens (including phenoxy) is 1. The predicted molar refractivity (Wildman–Crippen MR) is 113 cm³/mol. The fourth-order valence-electron chi connectivity index (χ4n) is 6.83. The van der Waals surface area contributed by atoms with Crippen molar-refractivity contribution in [1.82, 2.24) is 0 Å². The Kier molecular flexibility index (Phi) is 3.90. The molecule has 0 bridgehead atoms. The second kappa shape index (κ2) is 5.98. The highest BCUT2D eigenvalue weighted by atomic mass is 16.5. The summed E-state index contributed by atoms with van der Waals surface area (Å²) in [5.74, 6) is 1.19. The third-order valence-corrected chi connectivity index (χ3v) is 8.62. The molecule has 1 N–H and O–H groups in total. The summed E-state index contributed by atoms with van der Waals surface area (Å²) in [7, 11) is 0. The zero-order chi connectivity index (χ0) is 20.6. The van der Waals surface area contributed by atoms with E-state index in [0.29, 0.717) is 11.5 Å². The van der Waals surface area contributed by atoms with Crippen LogP contribution in [-0.2, 0) is 0 Å². The number of aliphatic hydroxyl groups excluding tert-OH is 1. The average Bonchev–Trinajstić information content (AvgIpc) is 3.38. The van der Waals surface area contributed by atoms with Crippen molar-refractivity contribution in [3.63, 3.8) is 0 Å². The summed E-state index contributed by atoms with van der Waals surface area (Å²) >= 11 is 0. The van der Waals surface area contributed by atoms with Crippen LogP contribution < -0.4 is 10.4 Å². The highest BCUT2D eigenvalue weighted by molar-refractivity contribution is 5.77. The predicted octanol–water partition coefficient (Wildman–Crippen LogP) is 5.08. The fourth-order valence-corrected chi connectivity index (χ4v) is 6.83. The van der Waals surface area contributed by atoms with Crippen molar-refractivity contribution in [2.75, 3.05) is 0 Å². The molecule has 3 aliphatic rings. The van der Waals surface area contributed by atoms with Crippen molar-refractivity contribution in [1.29, 1.82) is 0 Å². The van der Waals surface area contributed by atoms with Crippen molar-refractivity contribution in [3.8, 4) is 5.75 Å². The lowest BCUT2D eigenvalue weighted by Crippen LogP contribution is -2.56. The van der Waals surface area contributed by atoms with E-state index >= 15 is 0 Å². The topological polar surface area (TPSA) is 59.7 Å². The Morgan fingerprint density at radius 3 is 2.72 bits per heavy atom. The zero-order valence-electron chi connectivity index (χ0n) is 17.5. The molecule has 1 heterocycles. The second-order valence-corrected chi connectivity index (χ2v) is 10.2. The van der Waals surface area contributed by atoms with Crippen LogP contribution in [0.1, 0.15) is 52.9 Å². The third-order valence-electron chi connectivity index (χ3n) is 8.62. The summed E-state index contributed by atoms with van der Waals surface area (Å²) < 4.78 is 11.8. The van der Waals surface area contributed by atoms with E-state index in [1.54, 1.807) is 6.07 Å². The Hall–Kier alpha value is -2.07.